The van der Waals surface area contributed by atoms with E-state index >= 15 is 0 Å². The van der Waals surface area contributed by atoms with Crippen LogP contribution < -0.4 is 0 Å². The second-order valence-corrected chi connectivity index (χ2v) is 5.21. The topological polar surface area (TPSA) is 63.8 Å². The molecule has 0 aliphatic carbocycles. The molecule has 17 heavy (non-hydrogen) atoms. The van der Waals surface area contributed by atoms with Crippen LogP contribution in [0.5, 0.6) is 0 Å². The quantitative estimate of drug-likeness (QED) is 0.899. The molecule has 92 valence electrons. The number of aliphatic hydroxyl groups excluding tert-OH is 1. The number of aromatic nitrogens is 4. The van der Waals surface area contributed by atoms with Crippen molar-refractivity contribution in [1.29, 1.82) is 0 Å². The zero-order valence-corrected chi connectivity index (χ0v) is 11.0. The Morgan fingerprint density at radius 2 is 2.24 bits per heavy atom. The van der Waals surface area contributed by atoms with Crippen molar-refractivity contribution >= 4 is 11.5 Å². The normalized spacial score (nSPS) is 13.2. The maximum atomic E-state index is 10.2. The first-order valence-corrected chi connectivity index (χ1v) is 6.33. The van der Waals surface area contributed by atoms with Gasteiger partial charge in [-0.05, 0) is 23.0 Å². The zero-order chi connectivity index (χ0) is 12.4. The van der Waals surface area contributed by atoms with Crippen molar-refractivity contribution in [1.82, 2.24) is 19.4 Å². The highest BCUT2D eigenvalue weighted by Gasteiger charge is 2.19. The van der Waals surface area contributed by atoms with E-state index in [2.05, 4.69) is 28.5 Å². The molecular formula is C11H16N4OS. The van der Waals surface area contributed by atoms with E-state index in [4.69, 9.17) is 0 Å². The Hall–Kier alpha value is -1.27. The van der Waals surface area contributed by atoms with Crippen molar-refractivity contribution in [2.75, 3.05) is 0 Å². The van der Waals surface area contributed by atoms with Gasteiger partial charge in [0.15, 0.2) is 0 Å². The molecule has 6 heteroatoms. The van der Waals surface area contributed by atoms with E-state index in [0.717, 1.165) is 16.1 Å². The molecule has 0 amide bonds. The van der Waals surface area contributed by atoms with Crippen LogP contribution in [0, 0.1) is 0 Å². The number of nitrogens with zero attached hydrogens (tertiary/aromatic N) is 4. The van der Waals surface area contributed by atoms with Crippen LogP contribution in [0.15, 0.2) is 12.4 Å². The first-order valence-electron chi connectivity index (χ1n) is 5.55. The summed E-state index contributed by atoms with van der Waals surface area (Å²) in [5.41, 5.74) is 1.91. The molecule has 0 spiro atoms. The monoisotopic (exact) mass is 252 g/mol. The van der Waals surface area contributed by atoms with Crippen LogP contribution in [0.25, 0.3) is 0 Å². The summed E-state index contributed by atoms with van der Waals surface area (Å²) in [5.74, 6) is 0.285. The van der Waals surface area contributed by atoms with Gasteiger partial charge in [0.2, 0.25) is 0 Å². The third kappa shape index (κ3) is 2.70. The molecule has 0 aliphatic heterocycles. The summed E-state index contributed by atoms with van der Waals surface area (Å²) in [6.45, 7) is 4.11. The molecule has 0 saturated carbocycles. The van der Waals surface area contributed by atoms with Crippen LogP contribution in [0.4, 0.5) is 0 Å². The summed E-state index contributed by atoms with van der Waals surface area (Å²) in [6.07, 6.45) is 3.69. The number of hydrogen-bond acceptors (Lipinski definition) is 5. The Balaban J connectivity index is 2.14. The van der Waals surface area contributed by atoms with Gasteiger partial charge in [0.25, 0.3) is 0 Å². The van der Waals surface area contributed by atoms with Crippen LogP contribution >= 0.6 is 11.5 Å². The van der Waals surface area contributed by atoms with Gasteiger partial charge in [0.05, 0.1) is 22.9 Å². The molecule has 1 atom stereocenters. The Kier molecular flexibility index (Phi) is 3.54. The Bertz CT molecular complexity index is 491. The first-order chi connectivity index (χ1) is 8.08. The SMILES string of the molecule is CC(C)c1nnsc1C(O)Cc1cnn(C)c1. The van der Waals surface area contributed by atoms with Gasteiger partial charge in [-0.2, -0.15) is 5.10 Å². The van der Waals surface area contributed by atoms with E-state index in [9.17, 15) is 5.11 Å². The Morgan fingerprint density at radius 3 is 2.82 bits per heavy atom. The minimum atomic E-state index is -0.545. The summed E-state index contributed by atoms with van der Waals surface area (Å²) in [6, 6.07) is 0. The van der Waals surface area contributed by atoms with Crippen LogP contribution in [0.1, 0.15) is 42.0 Å². The number of hydrogen-bond donors (Lipinski definition) is 1. The van der Waals surface area contributed by atoms with Gasteiger partial charge < -0.3 is 5.11 Å². The molecule has 2 heterocycles. The van der Waals surface area contributed by atoms with Gasteiger partial charge >= 0.3 is 0 Å². The lowest BCUT2D eigenvalue weighted by Crippen LogP contribution is -2.03. The highest BCUT2D eigenvalue weighted by atomic mass is 32.1. The lowest BCUT2D eigenvalue weighted by atomic mass is 10.0. The molecule has 0 bridgehead atoms. The van der Waals surface area contributed by atoms with Gasteiger partial charge in [0.1, 0.15) is 0 Å². The summed E-state index contributed by atoms with van der Waals surface area (Å²) in [7, 11) is 1.86. The van der Waals surface area contributed by atoms with E-state index in [1.54, 1.807) is 10.9 Å². The molecule has 0 radical (unpaired) electrons. The van der Waals surface area contributed by atoms with Gasteiger partial charge in [-0.1, -0.05) is 18.3 Å². The van der Waals surface area contributed by atoms with Crippen molar-refractivity contribution in [2.24, 2.45) is 7.05 Å². The minimum absolute atomic E-state index is 0.285. The predicted octanol–water partition coefficient (Wildman–Crippen LogP) is 1.67. The van der Waals surface area contributed by atoms with E-state index in [0.29, 0.717) is 6.42 Å². The Morgan fingerprint density at radius 1 is 1.47 bits per heavy atom. The van der Waals surface area contributed by atoms with Crippen LogP contribution in [-0.2, 0) is 13.5 Å². The average Bonchev–Trinajstić information content (AvgIpc) is 2.86. The maximum Gasteiger partial charge on any atom is 0.0958 e. The van der Waals surface area contributed by atoms with Crippen molar-refractivity contribution in [3.05, 3.63) is 28.5 Å². The molecule has 1 N–H and O–H groups in total. The summed E-state index contributed by atoms with van der Waals surface area (Å²) in [4.78, 5) is 0.865. The average molecular weight is 252 g/mol. The van der Waals surface area contributed by atoms with Crippen LogP contribution in [0.3, 0.4) is 0 Å². The fraction of sp³-hybridized carbons (Fsp3) is 0.545. The number of aliphatic hydroxyl groups is 1. The fourth-order valence-electron chi connectivity index (χ4n) is 1.73. The predicted molar refractivity (Wildman–Crippen MR) is 65.9 cm³/mol. The second-order valence-electron chi connectivity index (χ2n) is 4.42. The lowest BCUT2D eigenvalue weighted by Gasteiger charge is -2.09. The molecule has 2 aromatic rings. The van der Waals surface area contributed by atoms with Crippen LogP contribution in [0.2, 0.25) is 0 Å². The molecular weight excluding hydrogens is 236 g/mol. The maximum absolute atomic E-state index is 10.2. The molecule has 0 fully saturated rings. The van der Waals surface area contributed by atoms with Crippen molar-refractivity contribution in [3.8, 4) is 0 Å². The second kappa shape index (κ2) is 4.93. The molecule has 2 aromatic heterocycles. The standard InChI is InChI=1S/C11H16N4OS/c1-7(2)10-11(17-14-13-10)9(16)4-8-5-12-15(3)6-8/h5-7,9,16H,4H2,1-3H3. The lowest BCUT2D eigenvalue weighted by molar-refractivity contribution is 0.180. The zero-order valence-electron chi connectivity index (χ0n) is 10.2. The van der Waals surface area contributed by atoms with Crippen LogP contribution in [-0.4, -0.2) is 24.5 Å². The van der Waals surface area contributed by atoms with Crippen molar-refractivity contribution < 1.29 is 5.11 Å². The molecule has 0 aliphatic rings. The number of rotatable bonds is 4. The smallest absolute Gasteiger partial charge is 0.0958 e. The fourth-order valence-corrected chi connectivity index (χ4v) is 2.52. The third-order valence-electron chi connectivity index (χ3n) is 2.58. The first kappa shape index (κ1) is 12.2. The van der Waals surface area contributed by atoms with E-state index in [1.165, 1.54) is 11.5 Å². The van der Waals surface area contributed by atoms with E-state index in [1.807, 2.05) is 13.2 Å². The highest BCUT2D eigenvalue weighted by molar-refractivity contribution is 7.05. The largest absolute Gasteiger partial charge is 0.387 e. The molecule has 1 unspecified atom stereocenters. The van der Waals surface area contributed by atoms with Gasteiger partial charge in [-0.15, -0.1) is 5.10 Å². The van der Waals surface area contributed by atoms with E-state index < -0.39 is 6.10 Å². The highest BCUT2D eigenvalue weighted by Crippen LogP contribution is 2.28. The molecule has 0 aromatic carbocycles. The summed E-state index contributed by atoms with van der Waals surface area (Å²) in [5, 5.41) is 18.4. The molecule has 0 saturated heterocycles. The van der Waals surface area contributed by atoms with Gasteiger partial charge in [0, 0.05) is 19.7 Å². The summed E-state index contributed by atoms with van der Waals surface area (Å²) >= 11 is 1.27. The van der Waals surface area contributed by atoms with Gasteiger partial charge in [-0.3, -0.25) is 4.68 Å². The molecule has 5 nitrogen and oxygen atoms in total. The summed E-state index contributed by atoms with van der Waals surface area (Å²) < 4.78 is 5.65. The van der Waals surface area contributed by atoms with Crippen molar-refractivity contribution in [2.45, 2.75) is 32.3 Å². The van der Waals surface area contributed by atoms with Crippen molar-refractivity contribution in [3.63, 3.8) is 0 Å². The van der Waals surface area contributed by atoms with E-state index in [-0.39, 0.29) is 5.92 Å². The molecule has 2 rings (SSSR count). The number of aryl methyl sites for hydroxylation is 1. The third-order valence-corrected chi connectivity index (χ3v) is 3.42. The minimum Gasteiger partial charge on any atom is -0.387 e. The Labute approximate surface area is 104 Å². The van der Waals surface area contributed by atoms with Gasteiger partial charge in [-0.25, -0.2) is 0 Å².